The van der Waals surface area contributed by atoms with E-state index in [1.807, 2.05) is 18.2 Å². The SMILES string of the molecule is NCC(c1c(Cl)cccc1Cl)C(O)c1cc(Br)ccc1Br. The minimum atomic E-state index is -0.820. The molecule has 21 heavy (non-hydrogen) atoms. The van der Waals surface area contributed by atoms with Crippen molar-refractivity contribution in [2.75, 3.05) is 6.54 Å². The number of aliphatic hydroxyl groups is 1. The minimum Gasteiger partial charge on any atom is -0.388 e. The van der Waals surface area contributed by atoms with E-state index in [1.54, 1.807) is 18.2 Å². The maximum Gasteiger partial charge on any atom is 0.0883 e. The van der Waals surface area contributed by atoms with Gasteiger partial charge in [0.25, 0.3) is 0 Å². The molecule has 0 bridgehead atoms. The van der Waals surface area contributed by atoms with Gasteiger partial charge >= 0.3 is 0 Å². The second kappa shape index (κ2) is 7.44. The first-order valence-corrected chi connectivity index (χ1v) is 8.57. The molecule has 0 spiro atoms. The highest BCUT2D eigenvalue weighted by Crippen LogP contribution is 2.40. The van der Waals surface area contributed by atoms with E-state index in [2.05, 4.69) is 31.9 Å². The van der Waals surface area contributed by atoms with Gasteiger partial charge in [-0.25, -0.2) is 0 Å². The van der Waals surface area contributed by atoms with Crippen molar-refractivity contribution in [1.82, 2.24) is 0 Å². The molecule has 0 fully saturated rings. The fraction of sp³-hybridized carbons (Fsp3) is 0.200. The maximum atomic E-state index is 10.7. The van der Waals surface area contributed by atoms with Gasteiger partial charge in [-0.3, -0.25) is 0 Å². The summed E-state index contributed by atoms with van der Waals surface area (Å²) in [5.74, 6) is -0.392. The van der Waals surface area contributed by atoms with Crippen LogP contribution in [0.5, 0.6) is 0 Å². The normalized spacial score (nSPS) is 14.0. The number of hydrogen-bond donors (Lipinski definition) is 2. The van der Waals surface area contributed by atoms with Crippen LogP contribution < -0.4 is 5.73 Å². The van der Waals surface area contributed by atoms with Gasteiger partial charge in [0.05, 0.1) is 6.10 Å². The van der Waals surface area contributed by atoms with Crippen LogP contribution in [-0.4, -0.2) is 11.7 Å². The summed E-state index contributed by atoms with van der Waals surface area (Å²) in [6, 6.07) is 10.9. The van der Waals surface area contributed by atoms with Gasteiger partial charge in [-0.05, 0) is 41.5 Å². The van der Waals surface area contributed by atoms with Gasteiger partial charge in [0.15, 0.2) is 0 Å². The van der Waals surface area contributed by atoms with Gasteiger partial charge in [0.2, 0.25) is 0 Å². The number of halogens is 4. The molecule has 3 N–H and O–H groups in total. The molecule has 2 aromatic rings. The number of hydrogen-bond acceptors (Lipinski definition) is 2. The molecule has 0 heterocycles. The van der Waals surface area contributed by atoms with Gasteiger partial charge in [-0.1, -0.05) is 61.1 Å². The van der Waals surface area contributed by atoms with Crippen LogP contribution in [0.15, 0.2) is 45.3 Å². The third kappa shape index (κ3) is 3.81. The van der Waals surface area contributed by atoms with Crippen molar-refractivity contribution in [3.05, 3.63) is 66.5 Å². The van der Waals surface area contributed by atoms with E-state index in [0.29, 0.717) is 15.6 Å². The molecule has 0 aliphatic rings. The van der Waals surface area contributed by atoms with Crippen LogP contribution in [0.4, 0.5) is 0 Å². The first-order valence-electron chi connectivity index (χ1n) is 6.22. The van der Waals surface area contributed by atoms with Crippen molar-refractivity contribution >= 4 is 55.1 Å². The highest BCUT2D eigenvalue weighted by atomic mass is 79.9. The molecule has 2 nitrogen and oxygen atoms in total. The van der Waals surface area contributed by atoms with E-state index in [-0.39, 0.29) is 6.54 Å². The van der Waals surface area contributed by atoms with E-state index in [0.717, 1.165) is 14.5 Å². The van der Waals surface area contributed by atoms with Gasteiger partial charge in [-0.2, -0.15) is 0 Å². The molecule has 2 atom stereocenters. The predicted molar refractivity (Wildman–Crippen MR) is 95.1 cm³/mol. The molecule has 0 saturated heterocycles. The van der Waals surface area contributed by atoms with Crippen LogP contribution in [0.1, 0.15) is 23.1 Å². The quantitative estimate of drug-likeness (QED) is 0.660. The molecule has 0 saturated carbocycles. The molecule has 6 heteroatoms. The van der Waals surface area contributed by atoms with Gasteiger partial charge in [0, 0.05) is 31.5 Å². The van der Waals surface area contributed by atoms with E-state index in [1.165, 1.54) is 0 Å². The van der Waals surface area contributed by atoms with Crippen molar-refractivity contribution in [2.45, 2.75) is 12.0 Å². The Bertz CT molecular complexity index is 631. The Hall–Kier alpha value is -0.100. The molecule has 0 radical (unpaired) electrons. The molecule has 0 amide bonds. The summed E-state index contributed by atoms with van der Waals surface area (Å²) >= 11 is 19.3. The Labute approximate surface area is 150 Å². The van der Waals surface area contributed by atoms with Crippen molar-refractivity contribution in [2.24, 2.45) is 5.73 Å². The Morgan fingerprint density at radius 1 is 1.10 bits per heavy atom. The number of benzene rings is 2. The van der Waals surface area contributed by atoms with E-state index >= 15 is 0 Å². The molecule has 0 aliphatic heterocycles. The lowest BCUT2D eigenvalue weighted by molar-refractivity contribution is 0.146. The summed E-state index contributed by atoms with van der Waals surface area (Å²) in [7, 11) is 0. The zero-order chi connectivity index (χ0) is 15.6. The lowest BCUT2D eigenvalue weighted by atomic mass is 9.89. The lowest BCUT2D eigenvalue weighted by Gasteiger charge is -2.25. The molecule has 2 rings (SSSR count). The van der Waals surface area contributed by atoms with Crippen molar-refractivity contribution in [1.29, 1.82) is 0 Å². The average molecular weight is 454 g/mol. The Balaban J connectivity index is 2.48. The molecule has 0 aromatic heterocycles. The Kier molecular flexibility index (Phi) is 6.12. The van der Waals surface area contributed by atoms with Crippen LogP contribution in [0.3, 0.4) is 0 Å². The van der Waals surface area contributed by atoms with E-state index in [4.69, 9.17) is 28.9 Å². The highest BCUT2D eigenvalue weighted by molar-refractivity contribution is 9.11. The number of nitrogens with two attached hydrogens (primary N) is 1. The monoisotopic (exact) mass is 451 g/mol. The summed E-state index contributed by atoms with van der Waals surface area (Å²) in [6.45, 7) is 0.226. The minimum absolute atomic E-state index is 0.226. The fourth-order valence-electron chi connectivity index (χ4n) is 2.23. The number of aliphatic hydroxyl groups excluding tert-OH is 1. The van der Waals surface area contributed by atoms with Gasteiger partial charge < -0.3 is 10.8 Å². The predicted octanol–water partition coefficient (Wildman–Crippen LogP) is 5.29. The van der Waals surface area contributed by atoms with Crippen molar-refractivity contribution < 1.29 is 5.11 Å². The topological polar surface area (TPSA) is 46.2 Å². The third-order valence-electron chi connectivity index (χ3n) is 3.28. The average Bonchev–Trinajstić information content (AvgIpc) is 2.45. The molecule has 112 valence electrons. The standard InChI is InChI=1S/C15H13Br2Cl2NO/c16-8-4-5-11(17)9(6-8)15(21)10(7-20)14-12(18)2-1-3-13(14)19/h1-6,10,15,21H,7,20H2. The highest BCUT2D eigenvalue weighted by Gasteiger charge is 2.27. The lowest BCUT2D eigenvalue weighted by Crippen LogP contribution is -2.21. The molecule has 2 unspecified atom stereocenters. The summed E-state index contributed by atoms with van der Waals surface area (Å²) in [6.07, 6.45) is -0.820. The van der Waals surface area contributed by atoms with Crippen LogP contribution >= 0.6 is 55.1 Å². The first kappa shape index (κ1) is 17.3. The number of rotatable bonds is 4. The van der Waals surface area contributed by atoms with Crippen LogP contribution in [-0.2, 0) is 0 Å². The molecule has 0 aliphatic carbocycles. The molecular weight excluding hydrogens is 441 g/mol. The van der Waals surface area contributed by atoms with Crippen LogP contribution in [0.25, 0.3) is 0 Å². The Morgan fingerprint density at radius 2 is 1.71 bits per heavy atom. The van der Waals surface area contributed by atoms with Crippen LogP contribution in [0.2, 0.25) is 10.0 Å². The van der Waals surface area contributed by atoms with Gasteiger partial charge in [-0.15, -0.1) is 0 Å². The summed E-state index contributed by atoms with van der Waals surface area (Å²) < 4.78 is 1.68. The van der Waals surface area contributed by atoms with E-state index < -0.39 is 12.0 Å². The smallest absolute Gasteiger partial charge is 0.0883 e. The van der Waals surface area contributed by atoms with Gasteiger partial charge in [0.1, 0.15) is 0 Å². The zero-order valence-corrected chi connectivity index (χ0v) is 15.5. The largest absolute Gasteiger partial charge is 0.388 e. The van der Waals surface area contributed by atoms with Crippen molar-refractivity contribution in [3.8, 4) is 0 Å². The van der Waals surface area contributed by atoms with E-state index in [9.17, 15) is 5.11 Å². The summed E-state index contributed by atoms with van der Waals surface area (Å²) in [5.41, 5.74) is 7.27. The third-order valence-corrected chi connectivity index (χ3v) is 5.16. The zero-order valence-electron chi connectivity index (χ0n) is 10.9. The second-order valence-corrected chi connectivity index (χ2v) is 7.17. The fourth-order valence-corrected chi connectivity index (χ4v) is 3.77. The molecule has 2 aromatic carbocycles. The van der Waals surface area contributed by atoms with Crippen LogP contribution in [0, 0.1) is 0 Å². The maximum absolute atomic E-state index is 10.7. The van der Waals surface area contributed by atoms with Crippen molar-refractivity contribution in [3.63, 3.8) is 0 Å². The first-order chi connectivity index (χ1) is 9.95. The summed E-state index contributed by atoms with van der Waals surface area (Å²) in [5, 5.41) is 11.7. The molecular formula is C15H13Br2Cl2NO. The Morgan fingerprint density at radius 3 is 2.29 bits per heavy atom. The summed E-state index contributed by atoms with van der Waals surface area (Å²) in [4.78, 5) is 0. The second-order valence-electron chi connectivity index (χ2n) is 4.59.